The SMILES string of the molecule is CS(=O)(=O)N(CCNC(=O)Cc1ccc(Br)cc1)C1CC1. The van der Waals surface area contributed by atoms with Crippen LogP contribution in [0.25, 0.3) is 0 Å². The van der Waals surface area contributed by atoms with Gasteiger partial charge < -0.3 is 5.32 Å². The van der Waals surface area contributed by atoms with E-state index in [1.54, 1.807) is 0 Å². The molecule has 0 unspecified atom stereocenters. The Morgan fingerprint density at radius 2 is 1.95 bits per heavy atom. The largest absolute Gasteiger partial charge is 0.354 e. The Hall–Kier alpha value is -0.920. The van der Waals surface area contributed by atoms with Crippen LogP contribution >= 0.6 is 15.9 Å². The standard InChI is InChI=1S/C14H19BrN2O3S/c1-21(19,20)17(13-6-7-13)9-8-16-14(18)10-11-2-4-12(15)5-3-11/h2-5,13H,6-10H2,1H3,(H,16,18). The zero-order valence-corrected chi connectivity index (χ0v) is 14.3. The second kappa shape index (κ2) is 6.89. The highest BCUT2D eigenvalue weighted by molar-refractivity contribution is 9.10. The molecule has 0 bridgehead atoms. The summed E-state index contributed by atoms with van der Waals surface area (Å²) in [6.07, 6.45) is 3.35. The smallest absolute Gasteiger partial charge is 0.224 e. The van der Waals surface area contributed by atoms with Crippen LogP contribution in [0.5, 0.6) is 0 Å². The van der Waals surface area contributed by atoms with Crippen molar-refractivity contribution in [1.29, 1.82) is 0 Å². The molecule has 0 heterocycles. The molecule has 2 rings (SSSR count). The number of halogens is 1. The number of amides is 1. The van der Waals surface area contributed by atoms with Gasteiger partial charge in [0.1, 0.15) is 0 Å². The van der Waals surface area contributed by atoms with E-state index in [1.165, 1.54) is 10.6 Å². The summed E-state index contributed by atoms with van der Waals surface area (Å²) in [5, 5.41) is 2.77. The molecular weight excluding hydrogens is 356 g/mol. The molecule has 1 fully saturated rings. The summed E-state index contributed by atoms with van der Waals surface area (Å²) < 4.78 is 25.7. The molecule has 0 saturated heterocycles. The fourth-order valence-corrected chi connectivity index (χ4v) is 3.58. The second-order valence-corrected chi connectivity index (χ2v) is 8.11. The number of benzene rings is 1. The first-order chi connectivity index (χ1) is 9.86. The third-order valence-electron chi connectivity index (χ3n) is 3.31. The third-order valence-corrected chi connectivity index (χ3v) is 5.17. The monoisotopic (exact) mass is 374 g/mol. The van der Waals surface area contributed by atoms with Gasteiger partial charge in [-0.3, -0.25) is 4.79 Å². The Bertz CT molecular complexity index is 597. The Balaban J connectivity index is 1.77. The van der Waals surface area contributed by atoms with E-state index < -0.39 is 10.0 Å². The fraction of sp³-hybridized carbons (Fsp3) is 0.500. The van der Waals surface area contributed by atoms with E-state index >= 15 is 0 Å². The van der Waals surface area contributed by atoms with E-state index in [9.17, 15) is 13.2 Å². The van der Waals surface area contributed by atoms with Crippen LogP contribution in [-0.2, 0) is 21.2 Å². The lowest BCUT2D eigenvalue weighted by atomic mass is 10.1. The molecule has 116 valence electrons. The Morgan fingerprint density at radius 1 is 1.33 bits per heavy atom. The molecule has 1 aromatic rings. The topological polar surface area (TPSA) is 66.5 Å². The lowest BCUT2D eigenvalue weighted by molar-refractivity contribution is -0.120. The highest BCUT2D eigenvalue weighted by Gasteiger charge is 2.34. The van der Waals surface area contributed by atoms with Crippen molar-refractivity contribution in [1.82, 2.24) is 9.62 Å². The molecule has 5 nitrogen and oxygen atoms in total. The average molecular weight is 375 g/mol. The lowest BCUT2D eigenvalue weighted by Gasteiger charge is -2.19. The third kappa shape index (κ3) is 5.41. The summed E-state index contributed by atoms with van der Waals surface area (Å²) in [7, 11) is -3.19. The zero-order valence-electron chi connectivity index (χ0n) is 11.9. The van der Waals surface area contributed by atoms with Crippen molar-refractivity contribution in [2.75, 3.05) is 19.3 Å². The van der Waals surface area contributed by atoms with Gasteiger partial charge in [-0.25, -0.2) is 8.42 Å². The van der Waals surface area contributed by atoms with Crippen molar-refractivity contribution in [3.8, 4) is 0 Å². The Morgan fingerprint density at radius 3 is 2.48 bits per heavy atom. The molecule has 7 heteroatoms. The van der Waals surface area contributed by atoms with E-state index in [0.717, 1.165) is 22.9 Å². The van der Waals surface area contributed by atoms with Crippen LogP contribution in [0.4, 0.5) is 0 Å². The molecule has 21 heavy (non-hydrogen) atoms. The average Bonchev–Trinajstić information content (AvgIpc) is 3.20. The maximum atomic E-state index is 11.8. The van der Waals surface area contributed by atoms with Crippen molar-refractivity contribution in [2.24, 2.45) is 0 Å². The number of carbonyl (C=O) groups is 1. The number of hydrogen-bond donors (Lipinski definition) is 1. The van der Waals surface area contributed by atoms with Crippen LogP contribution < -0.4 is 5.32 Å². The first-order valence-electron chi connectivity index (χ1n) is 6.84. The van der Waals surface area contributed by atoms with Gasteiger partial charge in [-0.15, -0.1) is 0 Å². The predicted octanol–water partition coefficient (Wildman–Crippen LogP) is 1.53. The van der Waals surface area contributed by atoms with Crippen molar-refractivity contribution >= 4 is 31.9 Å². The van der Waals surface area contributed by atoms with Crippen LogP contribution in [0.15, 0.2) is 28.7 Å². The minimum Gasteiger partial charge on any atom is -0.354 e. The molecule has 0 aliphatic heterocycles. The molecule has 1 aliphatic rings. The number of sulfonamides is 1. The fourth-order valence-electron chi connectivity index (χ4n) is 2.14. The number of hydrogen-bond acceptors (Lipinski definition) is 3. The summed E-state index contributed by atoms with van der Waals surface area (Å²) >= 11 is 3.34. The maximum Gasteiger partial charge on any atom is 0.224 e. The first-order valence-corrected chi connectivity index (χ1v) is 9.48. The minimum atomic E-state index is -3.19. The van der Waals surface area contributed by atoms with E-state index in [-0.39, 0.29) is 11.9 Å². The molecule has 0 atom stereocenters. The lowest BCUT2D eigenvalue weighted by Crippen LogP contribution is -2.39. The quantitative estimate of drug-likeness (QED) is 0.786. The van der Waals surface area contributed by atoms with Crippen molar-refractivity contribution < 1.29 is 13.2 Å². The van der Waals surface area contributed by atoms with Gasteiger partial charge >= 0.3 is 0 Å². The summed E-state index contributed by atoms with van der Waals surface area (Å²) in [5.41, 5.74) is 0.929. The van der Waals surface area contributed by atoms with E-state index in [0.29, 0.717) is 19.5 Å². The molecule has 1 saturated carbocycles. The van der Waals surface area contributed by atoms with Crippen LogP contribution in [0.2, 0.25) is 0 Å². The van der Waals surface area contributed by atoms with Crippen LogP contribution in [0.1, 0.15) is 18.4 Å². The van der Waals surface area contributed by atoms with Gasteiger partial charge in [0.15, 0.2) is 0 Å². The van der Waals surface area contributed by atoms with Gasteiger partial charge in [0.05, 0.1) is 12.7 Å². The normalized spacial score (nSPS) is 15.2. The van der Waals surface area contributed by atoms with Crippen LogP contribution in [-0.4, -0.2) is 44.0 Å². The number of nitrogens with one attached hydrogen (secondary N) is 1. The molecule has 1 N–H and O–H groups in total. The summed E-state index contributed by atoms with van der Waals surface area (Å²) in [6.45, 7) is 0.689. The molecule has 1 aromatic carbocycles. The van der Waals surface area contributed by atoms with Crippen molar-refractivity contribution in [3.05, 3.63) is 34.3 Å². The van der Waals surface area contributed by atoms with Gasteiger partial charge in [-0.1, -0.05) is 28.1 Å². The maximum absolute atomic E-state index is 11.8. The van der Waals surface area contributed by atoms with E-state index in [1.807, 2.05) is 24.3 Å². The molecule has 0 spiro atoms. The highest BCUT2D eigenvalue weighted by atomic mass is 79.9. The van der Waals surface area contributed by atoms with Gasteiger partial charge in [-0.05, 0) is 30.5 Å². The molecule has 1 amide bonds. The summed E-state index contributed by atoms with van der Waals surface area (Å²) in [5.74, 6) is -0.0958. The summed E-state index contributed by atoms with van der Waals surface area (Å²) in [4.78, 5) is 11.8. The Labute approximate surface area is 133 Å². The van der Waals surface area contributed by atoms with Crippen LogP contribution in [0, 0.1) is 0 Å². The molecule has 0 aromatic heterocycles. The first kappa shape index (κ1) is 16.5. The zero-order chi connectivity index (χ0) is 15.5. The summed E-state index contributed by atoms with van der Waals surface area (Å²) in [6, 6.07) is 7.68. The molecule has 0 radical (unpaired) electrons. The molecular formula is C14H19BrN2O3S. The number of nitrogens with zero attached hydrogens (tertiary/aromatic N) is 1. The van der Waals surface area contributed by atoms with E-state index in [4.69, 9.17) is 0 Å². The molecule has 1 aliphatic carbocycles. The van der Waals surface area contributed by atoms with Gasteiger partial charge in [0.2, 0.25) is 15.9 Å². The number of carbonyl (C=O) groups excluding carboxylic acids is 1. The van der Waals surface area contributed by atoms with Gasteiger partial charge in [0.25, 0.3) is 0 Å². The predicted molar refractivity (Wildman–Crippen MR) is 85.4 cm³/mol. The second-order valence-electron chi connectivity index (χ2n) is 5.26. The van der Waals surface area contributed by atoms with Gasteiger partial charge in [-0.2, -0.15) is 4.31 Å². The van der Waals surface area contributed by atoms with Gasteiger partial charge in [0, 0.05) is 23.6 Å². The highest BCUT2D eigenvalue weighted by Crippen LogP contribution is 2.28. The van der Waals surface area contributed by atoms with Crippen molar-refractivity contribution in [2.45, 2.75) is 25.3 Å². The number of rotatable bonds is 7. The van der Waals surface area contributed by atoms with E-state index in [2.05, 4.69) is 21.2 Å². The van der Waals surface area contributed by atoms with Crippen LogP contribution in [0.3, 0.4) is 0 Å². The minimum absolute atomic E-state index is 0.0958. The van der Waals surface area contributed by atoms with Crippen molar-refractivity contribution in [3.63, 3.8) is 0 Å². The Kier molecular flexibility index (Phi) is 5.40.